The van der Waals surface area contributed by atoms with Crippen molar-refractivity contribution in [1.29, 1.82) is 0 Å². The molecule has 0 aromatic heterocycles. The summed E-state index contributed by atoms with van der Waals surface area (Å²) in [4.78, 5) is 36.9. The molecule has 0 aliphatic carbocycles. The van der Waals surface area contributed by atoms with Gasteiger partial charge in [-0.05, 0) is 110 Å². The normalized spacial score (nSPS) is 11.7. The molecule has 0 unspecified atom stereocenters. The van der Waals surface area contributed by atoms with Crippen LogP contribution in [0.4, 0.5) is 0 Å². The fourth-order valence-electron chi connectivity index (χ4n) is 3.27. The zero-order valence-corrected chi connectivity index (χ0v) is 25.4. The van der Waals surface area contributed by atoms with E-state index < -0.39 is 10.8 Å². The first-order chi connectivity index (χ1) is 19.1. The van der Waals surface area contributed by atoms with Gasteiger partial charge in [-0.3, -0.25) is 14.4 Å². The number of hydrogen-bond acceptors (Lipinski definition) is 8. The minimum absolute atomic E-state index is 0.134. The largest absolute Gasteiger partial charge is 0.490 e. The molecule has 0 N–H and O–H groups in total. The third-order valence-corrected chi connectivity index (χ3v) is 5.52. The second-order valence-corrected chi connectivity index (χ2v) is 11.8. The van der Waals surface area contributed by atoms with E-state index in [-0.39, 0.29) is 37.4 Å². The van der Waals surface area contributed by atoms with Crippen LogP contribution in [0.1, 0.15) is 76.9 Å². The minimum atomic E-state index is -0.644. The minimum Gasteiger partial charge on any atom is -0.490 e. The Morgan fingerprint density at radius 1 is 0.829 bits per heavy atom. The Morgan fingerprint density at radius 2 is 1.39 bits per heavy atom. The molecule has 0 heterocycles. The van der Waals surface area contributed by atoms with Crippen molar-refractivity contribution in [2.75, 3.05) is 13.6 Å². The number of carbonyl (C=O) groups is 3. The van der Waals surface area contributed by atoms with E-state index in [4.69, 9.17) is 23.7 Å². The number of hydrogen-bond donors (Lipinski definition) is 0. The van der Waals surface area contributed by atoms with Crippen molar-refractivity contribution in [2.45, 2.75) is 67.9 Å². The van der Waals surface area contributed by atoms with Gasteiger partial charge in [0.1, 0.15) is 17.2 Å². The Kier molecular flexibility index (Phi) is 11.7. The summed E-state index contributed by atoms with van der Waals surface area (Å²) in [7, 11) is 0. The highest BCUT2D eigenvalue weighted by Gasteiger charge is 2.24. The van der Waals surface area contributed by atoms with Gasteiger partial charge in [0.25, 0.3) is 0 Å². The highest BCUT2D eigenvalue weighted by atomic mass is 16.7. The number of carbonyl (C=O) groups excluding carboxylic acids is 3. The van der Waals surface area contributed by atoms with Crippen LogP contribution >= 0.6 is 0 Å². The molecule has 0 aliphatic rings. The van der Waals surface area contributed by atoms with E-state index in [0.29, 0.717) is 34.8 Å². The van der Waals surface area contributed by atoms with Gasteiger partial charge < -0.3 is 23.7 Å². The molecule has 2 rings (SSSR count). The van der Waals surface area contributed by atoms with Gasteiger partial charge in [-0.2, -0.15) is 0 Å². The van der Waals surface area contributed by atoms with Crippen molar-refractivity contribution in [2.24, 2.45) is 10.8 Å². The van der Waals surface area contributed by atoms with Crippen LogP contribution in [0.25, 0.3) is 6.08 Å². The SMILES string of the molecule is C=CCc1cc(/C=C/C(=O)c2ccc(OCOC(=O)C(C)(C)C)cc2)c(OC(C)C)cc1OCOC(=O)C(C)(C)C. The zero-order chi connectivity index (χ0) is 30.8. The summed E-state index contributed by atoms with van der Waals surface area (Å²) >= 11 is 0. The maximum atomic E-state index is 12.9. The molecule has 0 atom stereocenters. The highest BCUT2D eigenvalue weighted by molar-refractivity contribution is 6.07. The highest BCUT2D eigenvalue weighted by Crippen LogP contribution is 2.32. The molecule has 0 bridgehead atoms. The van der Waals surface area contributed by atoms with E-state index in [9.17, 15) is 14.4 Å². The summed E-state index contributed by atoms with van der Waals surface area (Å²) < 4.78 is 27.6. The van der Waals surface area contributed by atoms with Gasteiger partial charge in [-0.1, -0.05) is 6.08 Å². The quantitative estimate of drug-likeness (QED) is 0.0845. The predicted molar refractivity (Wildman–Crippen MR) is 158 cm³/mol. The Balaban J connectivity index is 2.18. The fourth-order valence-corrected chi connectivity index (χ4v) is 3.27. The molecule has 0 radical (unpaired) electrons. The molecule has 0 saturated carbocycles. The van der Waals surface area contributed by atoms with Crippen LogP contribution in [-0.4, -0.2) is 37.4 Å². The topological polar surface area (TPSA) is 97.4 Å². The molecule has 0 aliphatic heterocycles. The van der Waals surface area contributed by atoms with E-state index in [0.717, 1.165) is 5.56 Å². The summed E-state index contributed by atoms with van der Waals surface area (Å²) in [5, 5.41) is 0. The molecule has 8 nitrogen and oxygen atoms in total. The molecule has 0 saturated heterocycles. The smallest absolute Gasteiger partial charge is 0.314 e. The van der Waals surface area contributed by atoms with Gasteiger partial charge in [-0.15, -0.1) is 6.58 Å². The summed E-state index contributed by atoms with van der Waals surface area (Å²) in [5.74, 6) is 0.527. The first-order valence-electron chi connectivity index (χ1n) is 13.5. The van der Waals surface area contributed by atoms with Crippen LogP contribution in [0.15, 0.2) is 55.1 Å². The lowest BCUT2D eigenvalue weighted by atomic mass is 9.97. The lowest BCUT2D eigenvalue weighted by Crippen LogP contribution is -2.24. The van der Waals surface area contributed by atoms with E-state index in [1.807, 2.05) is 19.9 Å². The van der Waals surface area contributed by atoms with Crippen LogP contribution < -0.4 is 14.2 Å². The molecule has 8 heteroatoms. The van der Waals surface area contributed by atoms with Crippen LogP contribution in [0.3, 0.4) is 0 Å². The Hall–Kier alpha value is -4.07. The average molecular weight is 567 g/mol. The Labute approximate surface area is 243 Å². The number of ether oxygens (including phenoxy) is 5. The standard InChI is InChI=1S/C33H42O8/c1-10-11-24-18-25(29(41-22(2)3)19-28(24)38-21-40-31(36)33(7,8)9)14-17-27(34)23-12-15-26(16-13-23)37-20-39-30(35)32(4,5)6/h10,12-19,22H,1,11,20-21H2,2-9H3/b17-14+. The van der Waals surface area contributed by atoms with Crippen molar-refractivity contribution >= 4 is 23.8 Å². The van der Waals surface area contributed by atoms with Gasteiger partial charge in [-0.25, -0.2) is 0 Å². The van der Waals surface area contributed by atoms with Crippen molar-refractivity contribution < 1.29 is 38.1 Å². The second kappa shape index (κ2) is 14.5. The van der Waals surface area contributed by atoms with Crippen LogP contribution in [0.5, 0.6) is 17.2 Å². The van der Waals surface area contributed by atoms with E-state index in [2.05, 4.69) is 6.58 Å². The number of rotatable bonds is 13. The molecule has 0 spiro atoms. The van der Waals surface area contributed by atoms with Crippen molar-refractivity contribution in [3.05, 3.63) is 71.8 Å². The van der Waals surface area contributed by atoms with Crippen molar-refractivity contribution in [3.8, 4) is 17.2 Å². The van der Waals surface area contributed by atoms with Crippen molar-refractivity contribution in [3.63, 3.8) is 0 Å². The number of esters is 2. The summed E-state index contributed by atoms with van der Waals surface area (Å²) in [6, 6.07) is 10.1. The molecular weight excluding hydrogens is 524 g/mol. The van der Waals surface area contributed by atoms with Gasteiger partial charge in [0, 0.05) is 17.2 Å². The predicted octanol–water partition coefficient (Wildman–Crippen LogP) is 6.95. The molecule has 41 heavy (non-hydrogen) atoms. The summed E-state index contributed by atoms with van der Waals surface area (Å²) in [6.07, 6.45) is 5.24. The summed E-state index contributed by atoms with van der Waals surface area (Å²) in [6.45, 7) is 17.7. The number of ketones is 1. The molecule has 222 valence electrons. The third kappa shape index (κ3) is 10.8. The Morgan fingerprint density at radius 3 is 1.90 bits per heavy atom. The zero-order valence-electron chi connectivity index (χ0n) is 25.4. The van der Waals surface area contributed by atoms with E-state index in [1.165, 1.54) is 6.08 Å². The maximum absolute atomic E-state index is 12.9. The first-order valence-corrected chi connectivity index (χ1v) is 13.5. The molecule has 2 aromatic rings. The van der Waals surface area contributed by atoms with Crippen LogP contribution in [0.2, 0.25) is 0 Å². The molecular formula is C33H42O8. The number of benzene rings is 2. The van der Waals surface area contributed by atoms with Gasteiger partial charge >= 0.3 is 11.9 Å². The second-order valence-electron chi connectivity index (χ2n) is 11.8. The average Bonchev–Trinajstić information content (AvgIpc) is 2.87. The Bertz CT molecular complexity index is 1240. The lowest BCUT2D eigenvalue weighted by molar-refractivity contribution is -0.160. The fraction of sp³-hybridized carbons (Fsp3) is 0.424. The number of allylic oxidation sites excluding steroid dienone is 2. The first kappa shape index (κ1) is 33.1. The summed E-state index contributed by atoms with van der Waals surface area (Å²) in [5.41, 5.74) is 0.673. The third-order valence-electron chi connectivity index (χ3n) is 5.52. The lowest BCUT2D eigenvalue weighted by Gasteiger charge is -2.19. The molecule has 0 fully saturated rings. The van der Waals surface area contributed by atoms with Crippen LogP contribution in [0, 0.1) is 10.8 Å². The van der Waals surface area contributed by atoms with Gasteiger partial charge in [0.05, 0.1) is 16.9 Å². The van der Waals surface area contributed by atoms with Crippen molar-refractivity contribution in [1.82, 2.24) is 0 Å². The van der Waals surface area contributed by atoms with Gasteiger partial charge in [0.15, 0.2) is 5.78 Å². The van der Waals surface area contributed by atoms with E-state index >= 15 is 0 Å². The van der Waals surface area contributed by atoms with Gasteiger partial charge in [0.2, 0.25) is 13.6 Å². The maximum Gasteiger partial charge on any atom is 0.314 e. The monoisotopic (exact) mass is 566 g/mol. The van der Waals surface area contributed by atoms with E-state index in [1.54, 1.807) is 84.0 Å². The molecule has 2 aromatic carbocycles. The van der Waals surface area contributed by atoms with Crippen LogP contribution in [-0.2, 0) is 25.5 Å². The molecule has 0 amide bonds.